The van der Waals surface area contributed by atoms with Crippen LogP contribution >= 0.6 is 11.6 Å². The molecule has 0 saturated carbocycles. The van der Waals surface area contributed by atoms with E-state index < -0.39 is 11.7 Å². The van der Waals surface area contributed by atoms with Crippen molar-refractivity contribution in [1.29, 1.82) is 0 Å². The lowest BCUT2D eigenvalue weighted by Gasteiger charge is -2.27. The lowest BCUT2D eigenvalue weighted by Crippen LogP contribution is -2.37. The highest BCUT2D eigenvalue weighted by Crippen LogP contribution is 2.37. The molecule has 0 aliphatic carbocycles. The minimum absolute atomic E-state index is 0.249. The van der Waals surface area contributed by atoms with E-state index in [4.69, 9.17) is 11.6 Å². The van der Waals surface area contributed by atoms with Gasteiger partial charge in [0.05, 0.1) is 10.6 Å². The lowest BCUT2D eigenvalue weighted by atomic mass is 10.1. The van der Waals surface area contributed by atoms with E-state index in [1.165, 1.54) is 6.07 Å². The van der Waals surface area contributed by atoms with E-state index >= 15 is 0 Å². The number of alkyl halides is 3. The van der Waals surface area contributed by atoms with Gasteiger partial charge in [-0.1, -0.05) is 18.5 Å². The molecule has 0 spiro atoms. The van der Waals surface area contributed by atoms with Crippen molar-refractivity contribution in [2.45, 2.75) is 32.0 Å². The van der Waals surface area contributed by atoms with Gasteiger partial charge in [-0.25, -0.2) is 0 Å². The first kappa shape index (κ1) is 15.4. The van der Waals surface area contributed by atoms with Crippen molar-refractivity contribution in [3.63, 3.8) is 0 Å². The van der Waals surface area contributed by atoms with Gasteiger partial charge >= 0.3 is 6.18 Å². The molecule has 0 radical (unpaired) electrons. The van der Waals surface area contributed by atoms with Gasteiger partial charge in [0.15, 0.2) is 0 Å². The summed E-state index contributed by atoms with van der Waals surface area (Å²) < 4.78 is 38.7. The van der Waals surface area contributed by atoms with Gasteiger partial charge in [-0.2, -0.15) is 13.2 Å². The molecule has 0 amide bonds. The molecule has 1 fully saturated rings. The first-order valence-electron chi connectivity index (χ1n) is 6.77. The molecule has 1 unspecified atom stereocenters. The van der Waals surface area contributed by atoms with Gasteiger partial charge < -0.3 is 10.2 Å². The van der Waals surface area contributed by atoms with Crippen molar-refractivity contribution in [3.8, 4) is 0 Å². The second kappa shape index (κ2) is 6.22. The van der Waals surface area contributed by atoms with Gasteiger partial charge in [0, 0.05) is 24.8 Å². The molecule has 1 N–H and O–H groups in total. The topological polar surface area (TPSA) is 15.3 Å². The Morgan fingerprint density at radius 3 is 2.80 bits per heavy atom. The van der Waals surface area contributed by atoms with E-state index in [1.54, 1.807) is 6.07 Å². The maximum Gasteiger partial charge on any atom is 0.417 e. The average molecular weight is 307 g/mol. The van der Waals surface area contributed by atoms with Crippen molar-refractivity contribution in [2.24, 2.45) is 0 Å². The molecule has 0 bridgehead atoms. The van der Waals surface area contributed by atoms with Gasteiger partial charge in [0.2, 0.25) is 0 Å². The van der Waals surface area contributed by atoms with Crippen LogP contribution in [0.4, 0.5) is 18.9 Å². The summed E-state index contributed by atoms with van der Waals surface area (Å²) >= 11 is 5.66. The highest BCUT2D eigenvalue weighted by molar-refractivity contribution is 6.31. The van der Waals surface area contributed by atoms with Crippen molar-refractivity contribution in [2.75, 3.05) is 24.5 Å². The first-order valence-corrected chi connectivity index (χ1v) is 7.14. The number of benzene rings is 1. The largest absolute Gasteiger partial charge is 0.417 e. The zero-order chi connectivity index (χ0) is 14.8. The Bertz CT molecular complexity index is 462. The van der Waals surface area contributed by atoms with Crippen LogP contribution in [0.25, 0.3) is 0 Å². The Kier molecular flexibility index (Phi) is 4.81. The van der Waals surface area contributed by atoms with E-state index in [-0.39, 0.29) is 5.02 Å². The number of hydrogen-bond acceptors (Lipinski definition) is 2. The molecule has 20 heavy (non-hydrogen) atoms. The Balaban J connectivity index is 2.27. The summed E-state index contributed by atoms with van der Waals surface area (Å²) in [6, 6.07) is 4.46. The molecule has 1 aliphatic heterocycles. The third kappa shape index (κ3) is 3.58. The number of rotatable bonds is 2. The van der Waals surface area contributed by atoms with Gasteiger partial charge in [0.1, 0.15) is 0 Å². The SMILES string of the molecule is CCC1CN(c2ccc(Cl)c(C(F)(F)F)c2)CCCN1. The van der Waals surface area contributed by atoms with E-state index in [9.17, 15) is 13.2 Å². The summed E-state index contributed by atoms with van der Waals surface area (Å²) in [5, 5.41) is 3.15. The fraction of sp³-hybridized carbons (Fsp3) is 0.571. The minimum Gasteiger partial charge on any atom is -0.370 e. The van der Waals surface area contributed by atoms with Gasteiger partial charge in [-0.3, -0.25) is 0 Å². The third-order valence-electron chi connectivity index (χ3n) is 3.59. The number of halogens is 4. The van der Waals surface area contributed by atoms with Crippen LogP contribution in [0.15, 0.2) is 18.2 Å². The Morgan fingerprint density at radius 2 is 2.15 bits per heavy atom. The number of nitrogens with one attached hydrogen (secondary N) is 1. The fourth-order valence-corrected chi connectivity index (χ4v) is 2.66. The molecular formula is C14H18ClF3N2. The Labute approximate surface area is 121 Å². The van der Waals surface area contributed by atoms with Crippen LogP contribution in [0.5, 0.6) is 0 Å². The maximum atomic E-state index is 12.9. The van der Waals surface area contributed by atoms with Crippen molar-refractivity contribution in [3.05, 3.63) is 28.8 Å². The molecule has 1 aromatic rings. The summed E-state index contributed by atoms with van der Waals surface area (Å²) in [6.07, 6.45) is -2.54. The highest BCUT2D eigenvalue weighted by atomic mass is 35.5. The predicted octanol–water partition coefficient (Wildman–Crippen LogP) is 3.94. The van der Waals surface area contributed by atoms with Crippen LogP contribution in [0.1, 0.15) is 25.3 Å². The van der Waals surface area contributed by atoms with Crippen molar-refractivity contribution in [1.82, 2.24) is 5.32 Å². The molecule has 112 valence electrons. The zero-order valence-electron chi connectivity index (χ0n) is 11.3. The molecule has 0 aromatic heterocycles. The monoisotopic (exact) mass is 306 g/mol. The molecular weight excluding hydrogens is 289 g/mol. The van der Waals surface area contributed by atoms with Crippen LogP contribution in [0, 0.1) is 0 Å². The minimum atomic E-state index is -4.42. The summed E-state index contributed by atoms with van der Waals surface area (Å²) in [5.74, 6) is 0. The summed E-state index contributed by atoms with van der Waals surface area (Å²) in [5.41, 5.74) is -0.175. The third-order valence-corrected chi connectivity index (χ3v) is 3.92. The molecule has 1 aromatic carbocycles. The molecule has 2 nitrogen and oxygen atoms in total. The predicted molar refractivity (Wildman–Crippen MR) is 75.4 cm³/mol. The second-order valence-corrected chi connectivity index (χ2v) is 5.43. The van der Waals surface area contributed by atoms with Gasteiger partial charge in [0.25, 0.3) is 0 Å². The zero-order valence-corrected chi connectivity index (χ0v) is 12.1. The van der Waals surface area contributed by atoms with Gasteiger partial charge in [-0.15, -0.1) is 0 Å². The lowest BCUT2D eigenvalue weighted by molar-refractivity contribution is -0.137. The maximum absolute atomic E-state index is 12.9. The highest BCUT2D eigenvalue weighted by Gasteiger charge is 2.34. The van der Waals surface area contributed by atoms with E-state index in [1.807, 2.05) is 4.90 Å². The second-order valence-electron chi connectivity index (χ2n) is 5.02. The van der Waals surface area contributed by atoms with Crippen LogP contribution in [0.3, 0.4) is 0 Å². The number of nitrogens with zero attached hydrogens (tertiary/aromatic N) is 1. The van der Waals surface area contributed by atoms with E-state index in [0.717, 1.165) is 38.5 Å². The van der Waals surface area contributed by atoms with Gasteiger partial charge in [-0.05, 0) is 37.6 Å². The summed E-state index contributed by atoms with van der Waals surface area (Å²) in [4.78, 5) is 2.00. The smallest absolute Gasteiger partial charge is 0.370 e. The van der Waals surface area contributed by atoms with E-state index in [0.29, 0.717) is 11.7 Å². The number of anilines is 1. The van der Waals surface area contributed by atoms with E-state index in [2.05, 4.69) is 12.2 Å². The average Bonchev–Trinajstić information content (AvgIpc) is 2.63. The normalized spacial score (nSPS) is 20.9. The first-order chi connectivity index (χ1) is 9.41. The molecule has 1 heterocycles. The summed E-state index contributed by atoms with van der Waals surface area (Å²) in [6.45, 7) is 4.44. The van der Waals surface area contributed by atoms with Crippen LogP contribution in [-0.2, 0) is 6.18 Å². The van der Waals surface area contributed by atoms with Crippen molar-refractivity contribution >= 4 is 17.3 Å². The Morgan fingerprint density at radius 1 is 1.40 bits per heavy atom. The molecule has 1 atom stereocenters. The molecule has 1 saturated heterocycles. The molecule has 2 rings (SSSR count). The molecule has 6 heteroatoms. The standard InChI is InChI=1S/C14H18ClF3N2/c1-2-10-9-20(7-3-6-19-10)11-4-5-13(15)12(8-11)14(16,17)18/h4-5,8,10,19H,2-3,6-7,9H2,1H3. The van der Waals surface area contributed by atoms with Crippen molar-refractivity contribution < 1.29 is 13.2 Å². The fourth-order valence-electron chi connectivity index (χ4n) is 2.43. The number of hydrogen-bond donors (Lipinski definition) is 1. The van der Waals surface area contributed by atoms with Crippen LogP contribution in [-0.4, -0.2) is 25.7 Å². The Hall–Kier alpha value is -0.940. The van der Waals surface area contributed by atoms with Crippen LogP contribution in [0.2, 0.25) is 5.02 Å². The quantitative estimate of drug-likeness (QED) is 0.890. The van der Waals surface area contributed by atoms with Crippen LogP contribution < -0.4 is 10.2 Å². The molecule has 1 aliphatic rings. The summed E-state index contributed by atoms with van der Waals surface area (Å²) in [7, 11) is 0.